The molecule has 0 aliphatic carbocycles. The van der Waals surface area contributed by atoms with Crippen molar-refractivity contribution in [2.75, 3.05) is 39.1 Å². The molecule has 0 amide bonds. The molecule has 0 saturated heterocycles. The molecule has 0 spiro atoms. The van der Waals surface area contributed by atoms with Crippen molar-refractivity contribution in [1.29, 1.82) is 0 Å². The molecule has 3 N–H and O–H groups in total. The van der Waals surface area contributed by atoms with E-state index in [2.05, 4.69) is 18.7 Å². The van der Waals surface area contributed by atoms with Crippen LogP contribution in [0.5, 0.6) is 5.75 Å². The first-order valence-electron chi connectivity index (χ1n) is 7.38. The highest BCUT2D eigenvalue weighted by Gasteiger charge is 2.14. The Bertz CT molecular complexity index is 497. The van der Waals surface area contributed by atoms with Crippen molar-refractivity contribution in [3.8, 4) is 5.75 Å². The van der Waals surface area contributed by atoms with Gasteiger partial charge in [-0.25, -0.2) is 4.79 Å². The number of anilines is 1. The van der Waals surface area contributed by atoms with E-state index in [1.54, 1.807) is 18.2 Å². The number of benzene rings is 1. The van der Waals surface area contributed by atoms with Crippen molar-refractivity contribution in [2.24, 2.45) is 0 Å². The summed E-state index contributed by atoms with van der Waals surface area (Å²) in [6, 6.07) is 4.89. The summed E-state index contributed by atoms with van der Waals surface area (Å²) in [4.78, 5) is 23.1. The second-order valence-electron chi connectivity index (χ2n) is 4.64. The minimum Gasteiger partial charge on any atom is -0.496 e. The summed E-state index contributed by atoms with van der Waals surface area (Å²) in [5, 5.41) is 7.42. The maximum Gasteiger partial charge on any atom is 0.341 e. The summed E-state index contributed by atoms with van der Waals surface area (Å²) in [6.45, 7) is 8.23. The van der Waals surface area contributed by atoms with Gasteiger partial charge in [0.2, 0.25) is 0 Å². The quantitative estimate of drug-likeness (QED) is 0.582. The van der Waals surface area contributed by atoms with Gasteiger partial charge in [0.15, 0.2) is 0 Å². The molecule has 0 saturated carbocycles. The lowest BCUT2D eigenvalue weighted by Gasteiger charge is -2.17. The zero-order valence-electron chi connectivity index (χ0n) is 14.2. The van der Waals surface area contributed by atoms with E-state index in [1.165, 1.54) is 7.11 Å². The maximum atomic E-state index is 11.9. The number of nitrogens with two attached hydrogens (primary N) is 1. The van der Waals surface area contributed by atoms with E-state index in [4.69, 9.17) is 25.1 Å². The molecule has 23 heavy (non-hydrogen) atoms. The van der Waals surface area contributed by atoms with Crippen molar-refractivity contribution in [2.45, 2.75) is 20.8 Å². The third kappa shape index (κ3) is 8.67. The van der Waals surface area contributed by atoms with E-state index >= 15 is 0 Å². The Kier molecular flexibility index (Phi) is 10.2. The van der Waals surface area contributed by atoms with Crippen molar-refractivity contribution < 1.29 is 24.2 Å². The molecular formula is C16H26N2O5. The van der Waals surface area contributed by atoms with Gasteiger partial charge in [-0.15, -0.1) is 0 Å². The van der Waals surface area contributed by atoms with Gasteiger partial charge >= 0.3 is 5.97 Å². The molecule has 0 aromatic heterocycles. The lowest BCUT2D eigenvalue weighted by Crippen LogP contribution is -2.28. The zero-order valence-corrected chi connectivity index (χ0v) is 14.2. The van der Waals surface area contributed by atoms with Crippen LogP contribution in [-0.2, 0) is 9.53 Å². The highest BCUT2D eigenvalue weighted by Crippen LogP contribution is 2.22. The van der Waals surface area contributed by atoms with Crippen molar-refractivity contribution in [3.63, 3.8) is 0 Å². The summed E-state index contributed by atoms with van der Waals surface area (Å²) in [5.74, 6) is -0.781. The monoisotopic (exact) mass is 326 g/mol. The molecule has 0 atom stereocenters. The Balaban J connectivity index is 0.00000108. The molecule has 0 heterocycles. The van der Waals surface area contributed by atoms with E-state index < -0.39 is 5.97 Å². The number of nitrogen functional groups attached to an aromatic ring is 1. The van der Waals surface area contributed by atoms with Crippen LogP contribution >= 0.6 is 0 Å². The first-order valence-corrected chi connectivity index (χ1v) is 7.38. The number of carboxylic acid groups (broad SMARTS) is 1. The minimum atomic E-state index is -0.833. The summed E-state index contributed by atoms with van der Waals surface area (Å²) in [7, 11) is 1.50. The fourth-order valence-electron chi connectivity index (χ4n) is 1.76. The smallest absolute Gasteiger partial charge is 0.341 e. The van der Waals surface area contributed by atoms with Crippen molar-refractivity contribution in [1.82, 2.24) is 4.90 Å². The van der Waals surface area contributed by atoms with Crippen LogP contribution in [0.4, 0.5) is 5.69 Å². The van der Waals surface area contributed by atoms with Crippen molar-refractivity contribution >= 4 is 17.6 Å². The summed E-state index contributed by atoms with van der Waals surface area (Å²) in [5.41, 5.74) is 6.59. The normalized spacial score (nSPS) is 9.78. The van der Waals surface area contributed by atoms with E-state index in [1.807, 2.05) is 0 Å². The van der Waals surface area contributed by atoms with Crippen LogP contribution in [0, 0.1) is 0 Å². The molecular weight excluding hydrogens is 300 g/mol. The third-order valence-electron chi connectivity index (χ3n) is 2.98. The van der Waals surface area contributed by atoms with Gasteiger partial charge in [-0.1, -0.05) is 13.8 Å². The highest BCUT2D eigenvalue weighted by molar-refractivity contribution is 5.93. The van der Waals surface area contributed by atoms with Crippen LogP contribution in [0.2, 0.25) is 0 Å². The molecule has 130 valence electrons. The maximum absolute atomic E-state index is 11.9. The molecule has 7 nitrogen and oxygen atoms in total. The summed E-state index contributed by atoms with van der Waals surface area (Å²) in [6.07, 6.45) is 0. The molecule has 1 rings (SSSR count). The van der Waals surface area contributed by atoms with E-state index in [9.17, 15) is 4.79 Å². The number of carbonyl (C=O) groups excluding carboxylic acids is 1. The summed E-state index contributed by atoms with van der Waals surface area (Å²) < 4.78 is 10.4. The molecule has 7 heteroatoms. The SMILES string of the molecule is CC(=O)O.CCN(CC)CCOC(=O)c1ccc(N)cc1OC. The van der Waals surface area contributed by atoms with Crippen LogP contribution < -0.4 is 10.5 Å². The molecule has 1 aromatic rings. The number of hydrogen-bond acceptors (Lipinski definition) is 6. The second kappa shape index (κ2) is 11.3. The van der Waals surface area contributed by atoms with Gasteiger partial charge in [0.25, 0.3) is 5.97 Å². The number of methoxy groups -OCH3 is 1. The van der Waals surface area contributed by atoms with Gasteiger partial charge in [0.1, 0.15) is 17.9 Å². The number of carbonyl (C=O) groups is 2. The number of hydrogen-bond donors (Lipinski definition) is 2. The molecule has 0 bridgehead atoms. The number of nitrogens with zero attached hydrogens (tertiary/aromatic N) is 1. The molecule has 0 radical (unpaired) electrons. The average Bonchev–Trinajstić information content (AvgIpc) is 2.50. The van der Waals surface area contributed by atoms with Crippen LogP contribution in [-0.4, -0.2) is 55.3 Å². The van der Waals surface area contributed by atoms with E-state index in [0.29, 0.717) is 23.6 Å². The topological polar surface area (TPSA) is 102 Å². The van der Waals surface area contributed by atoms with Gasteiger partial charge < -0.3 is 25.2 Å². The standard InChI is InChI=1S/C14H22N2O3.C2H4O2/c1-4-16(5-2)8-9-19-14(17)12-7-6-11(15)10-13(12)18-3;1-2(3)4/h6-7,10H,4-5,8-9,15H2,1-3H3;1H3,(H,3,4). The first kappa shape index (κ1) is 20.7. The van der Waals surface area contributed by atoms with Gasteiger partial charge in [-0.3, -0.25) is 4.79 Å². The van der Waals surface area contributed by atoms with Crippen LogP contribution in [0.25, 0.3) is 0 Å². The van der Waals surface area contributed by atoms with E-state index in [-0.39, 0.29) is 5.97 Å². The predicted octanol–water partition coefficient (Wildman–Crippen LogP) is 1.87. The molecule has 1 aromatic carbocycles. The minimum absolute atomic E-state index is 0.369. The zero-order chi connectivity index (χ0) is 17.8. The molecule has 0 unspecified atom stereocenters. The highest BCUT2D eigenvalue weighted by atomic mass is 16.5. The van der Waals surface area contributed by atoms with Crippen LogP contribution in [0.3, 0.4) is 0 Å². The summed E-state index contributed by atoms with van der Waals surface area (Å²) >= 11 is 0. The van der Waals surface area contributed by atoms with E-state index in [0.717, 1.165) is 26.6 Å². The van der Waals surface area contributed by atoms with Crippen LogP contribution in [0.1, 0.15) is 31.1 Å². The van der Waals surface area contributed by atoms with Crippen LogP contribution in [0.15, 0.2) is 18.2 Å². The number of carboxylic acids is 1. The Morgan fingerprint density at radius 3 is 2.30 bits per heavy atom. The van der Waals surface area contributed by atoms with Gasteiger partial charge in [0, 0.05) is 25.2 Å². The Morgan fingerprint density at radius 2 is 1.83 bits per heavy atom. The average molecular weight is 326 g/mol. The molecule has 0 aliphatic heterocycles. The lowest BCUT2D eigenvalue weighted by atomic mass is 10.2. The number of ether oxygens (including phenoxy) is 2. The number of aliphatic carboxylic acids is 1. The molecule has 0 aliphatic rings. The van der Waals surface area contributed by atoms with Gasteiger partial charge in [-0.2, -0.15) is 0 Å². The fourth-order valence-corrected chi connectivity index (χ4v) is 1.76. The number of rotatable bonds is 7. The Labute approximate surface area is 137 Å². The number of likely N-dealkylation sites (N-methyl/N-ethyl adjacent to an activating group) is 1. The third-order valence-corrected chi connectivity index (χ3v) is 2.98. The first-order chi connectivity index (χ1) is 10.8. The number of esters is 1. The van der Waals surface area contributed by atoms with Gasteiger partial charge in [0.05, 0.1) is 7.11 Å². The second-order valence-corrected chi connectivity index (χ2v) is 4.64. The largest absolute Gasteiger partial charge is 0.496 e. The Hall–Kier alpha value is -2.28. The molecule has 0 fully saturated rings. The lowest BCUT2D eigenvalue weighted by molar-refractivity contribution is -0.134. The fraction of sp³-hybridized carbons (Fsp3) is 0.500. The van der Waals surface area contributed by atoms with Gasteiger partial charge in [-0.05, 0) is 25.2 Å². The Morgan fingerprint density at radius 1 is 1.26 bits per heavy atom. The predicted molar refractivity (Wildman–Crippen MR) is 88.8 cm³/mol. The van der Waals surface area contributed by atoms with Crippen molar-refractivity contribution in [3.05, 3.63) is 23.8 Å².